The second-order valence-electron chi connectivity index (χ2n) is 4.35. The van der Waals surface area contributed by atoms with Crippen molar-refractivity contribution in [1.29, 1.82) is 0 Å². The standard InChI is InChI=1S/C11H17BrO3Si/c1-13-10-6-8(12)9(7-11(10)14-2)15-16(3,4)5/h6-7H,1-5H3. The van der Waals surface area contributed by atoms with Crippen LogP contribution in [0.25, 0.3) is 0 Å². The van der Waals surface area contributed by atoms with Gasteiger partial charge in [0.2, 0.25) is 8.32 Å². The van der Waals surface area contributed by atoms with Gasteiger partial charge in [0, 0.05) is 12.1 Å². The van der Waals surface area contributed by atoms with E-state index in [-0.39, 0.29) is 0 Å². The zero-order valence-corrected chi connectivity index (χ0v) is 12.8. The fourth-order valence-electron chi connectivity index (χ4n) is 1.24. The van der Waals surface area contributed by atoms with Crippen molar-refractivity contribution in [2.45, 2.75) is 19.6 Å². The molecule has 0 amide bonds. The molecule has 0 aromatic heterocycles. The van der Waals surface area contributed by atoms with E-state index in [4.69, 9.17) is 13.9 Å². The SMILES string of the molecule is COc1cc(Br)c(O[Si](C)(C)C)cc1OC. The molecule has 0 N–H and O–H groups in total. The van der Waals surface area contributed by atoms with Gasteiger partial charge in [0.05, 0.1) is 18.7 Å². The molecular weight excluding hydrogens is 288 g/mol. The van der Waals surface area contributed by atoms with Crippen LogP contribution in [0.5, 0.6) is 17.2 Å². The van der Waals surface area contributed by atoms with Gasteiger partial charge in [0.25, 0.3) is 0 Å². The number of hydrogen-bond acceptors (Lipinski definition) is 3. The summed E-state index contributed by atoms with van der Waals surface area (Å²) in [7, 11) is 1.61. The van der Waals surface area contributed by atoms with Gasteiger partial charge in [0.15, 0.2) is 11.5 Å². The summed E-state index contributed by atoms with van der Waals surface area (Å²) in [6.07, 6.45) is 0. The van der Waals surface area contributed by atoms with Crippen molar-refractivity contribution < 1.29 is 13.9 Å². The van der Waals surface area contributed by atoms with E-state index in [0.29, 0.717) is 11.5 Å². The van der Waals surface area contributed by atoms with Crippen LogP contribution in [0.3, 0.4) is 0 Å². The Bertz CT molecular complexity index is 374. The Morgan fingerprint density at radius 3 is 1.88 bits per heavy atom. The summed E-state index contributed by atoms with van der Waals surface area (Å²) in [5.74, 6) is 2.17. The molecule has 0 atom stereocenters. The number of halogens is 1. The van der Waals surface area contributed by atoms with Crippen molar-refractivity contribution >= 4 is 24.2 Å². The molecule has 0 radical (unpaired) electrons. The van der Waals surface area contributed by atoms with Gasteiger partial charge in [-0.15, -0.1) is 0 Å². The highest BCUT2D eigenvalue weighted by Crippen LogP contribution is 2.38. The lowest BCUT2D eigenvalue weighted by Gasteiger charge is -2.21. The van der Waals surface area contributed by atoms with Crippen LogP contribution < -0.4 is 13.9 Å². The third-order valence-electron chi connectivity index (χ3n) is 1.85. The molecule has 0 aliphatic rings. The first kappa shape index (κ1) is 13.4. The first-order chi connectivity index (χ1) is 7.37. The second kappa shape index (κ2) is 5.10. The molecule has 0 aliphatic heterocycles. The topological polar surface area (TPSA) is 27.7 Å². The highest BCUT2D eigenvalue weighted by molar-refractivity contribution is 9.10. The van der Waals surface area contributed by atoms with Gasteiger partial charge in [0.1, 0.15) is 5.75 Å². The van der Waals surface area contributed by atoms with Crippen LogP contribution >= 0.6 is 15.9 Å². The van der Waals surface area contributed by atoms with Gasteiger partial charge in [-0.1, -0.05) is 0 Å². The highest BCUT2D eigenvalue weighted by atomic mass is 79.9. The zero-order valence-electron chi connectivity index (χ0n) is 10.3. The van der Waals surface area contributed by atoms with Crippen molar-refractivity contribution in [2.24, 2.45) is 0 Å². The summed E-state index contributed by atoms with van der Waals surface area (Å²) in [4.78, 5) is 0. The number of benzene rings is 1. The number of hydrogen-bond donors (Lipinski definition) is 0. The van der Waals surface area contributed by atoms with E-state index in [2.05, 4.69) is 35.6 Å². The predicted octanol–water partition coefficient (Wildman–Crippen LogP) is 3.68. The number of rotatable bonds is 4. The number of ether oxygens (including phenoxy) is 2. The summed E-state index contributed by atoms with van der Waals surface area (Å²) >= 11 is 3.47. The van der Waals surface area contributed by atoms with Crippen LogP contribution in [0.4, 0.5) is 0 Å². The van der Waals surface area contributed by atoms with E-state index in [9.17, 15) is 0 Å². The maximum absolute atomic E-state index is 5.93. The summed E-state index contributed by atoms with van der Waals surface area (Å²) in [6.45, 7) is 6.41. The lowest BCUT2D eigenvalue weighted by atomic mass is 10.3. The Hall–Kier alpha value is -0.683. The fraction of sp³-hybridized carbons (Fsp3) is 0.455. The van der Waals surface area contributed by atoms with Crippen LogP contribution in [0.2, 0.25) is 19.6 Å². The third-order valence-corrected chi connectivity index (χ3v) is 3.31. The quantitative estimate of drug-likeness (QED) is 0.794. The van der Waals surface area contributed by atoms with Crippen LogP contribution in [0.15, 0.2) is 16.6 Å². The minimum absolute atomic E-state index is 0.680. The molecule has 1 rings (SSSR count). The van der Waals surface area contributed by atoms with Crippen molar-refractivity contribution in [3.8, 4) is 17.2 Å². The monoisotopic (exact) mass is 304 g/mol. The minimum Gasteiger partial charge on any atom is -0.543 e. The summed E-state index contributed by atoms with van der Waals surface area (Å²) in [5, 5.41) is 0. The average molecular weight is 305 g/mol. The van der Waals surface area contributed by atoms with E-state index < -0.39 is 8.32 Å². The molecule has 1 aromatic carbocycles. The van der Waals surface area contributed by atoms with Crippen LogP contribution in [-0.2, 0) is 0 Å². The lowest BCUT2D eigenvalue weighted by molar-refractivity contribution is 0.353. The highest BCUT2D eigenvalue weighted by Gasteiger charge is 2.19. The van der Waals surface area contributed by atoms with Gasteiger partial charge >= 0.3 is 0 Å². The average Bonchev–Trinajstić information content (AvgIpc) is 2.18. The Morgan fingerprint density at radius 1 is 0.938 bits per heavy atom. The normalized spacial score (nSPS) is 11.1. The van der Waals surface area contributed by atoms with Gasteiger partial charge in [-0.2, -0.15) is 0 Å². The summed E-state index contributed by atoms with van der Waals surface area (Å²) in [5.41, 5.74) is 0. The molecule has 0 bridgehead atoms. The summed E-state index contributed by atoms with van der Waals surface area (Å²) < 4.78 is 17.3. The molecule has 0 heterocycles. The molecular formula is C11H17BrO3Si. The van der Waals surface area contributed by atoms with Crippen molar-refractivity contribution in [3.05, 3.63) is 16.6 Å². The first-order valence-electron chi connectivity index (χ1n) is 4.98. The van der Waals surface area contributed by atoms with Crippen molar-refractivity contribution in [1.82, 2.24) is 0 Å². The fourth-order valence-corrected chi connectivity index (χ4v) is 2.62. The van der Waals surface area contributed by atoms with Crippen molar-refractivity contribution in [2.75, 3.05) is 14.2 Å². The predicted molar refractivity (Wildman–Crippen MR) is 71.2 cm³/mol. The van der Waals surface area contributed by atoms with Gasteiger partial charge in [-0.3, -0.25) is 0 Å². The van der Waals surface area contributed by atoms with Crippen LogP contribution in [0.1, 0.15) is 0 Å². The molecule has 16 heavy (non-hydrogen) atoms. The van der Waals surface area contributed by atoms with E-state index >= 15 is 0 Å². The largest absolute Gasteiger partial charge is 0.543 e. The maximum Gasteiger partial charge on any atom is 0.242 e. The molecule has 1 aromatic rings. The molecule has 5 heteroatoms. The Balaban J connectivity index is 3.11. The van der Waals surface area contributed by atoms with E-state index in [1.807, 2.05) is 12.1 Å². The van der Waals surface area contributed by atoms with E-state index in [1.165, 1.54) is 0 Å². The van der Waals surface area contributed by atoms with Gasteiger partial charge < -0.3 is 13.9 Å². The number of methoxy groups -OCH3 is 2. The van der Waals surface area contributed by atoms with E-state index in [0.717, 1.165) is 10.2 Å². The molecule has 0 aliphatic carbocycles. The summed E-state index contributed by atoms with van der Waals surface area (Å²) in [6, 6.07) is 3.70. The molecule has 0 saturated carbocycles. The minimum atomic E-state index is -1.62. The molecule has 0 spiro atoms. The van der Waals surface area contributed by atoms with Crippen molar-refractivity contribution in [3.63, 3.8) is 0 Å². The Kier molecular flexibility index (Phi) is 4.26. The third kappa shape index (κ3) is 3.42. The van der Waals surface area contributed by atoms with Gasteiger partial charge in [-0.05, 0) is 35.6 Å². The van der Waals surface area contributed by atoms with Gasteiger partial charge in [-0.25, -0.2) is 0 Å². The Morgan fingerprint density at radius 2 is 1.44 bits per heavy atom. The Labute approximate surface area is 106 Å². The smallest absolute Gasteiger partial charge is 0.242 e. The maximum atomic E-state index is 5.93. The molecule has 90 valence electrons. The first-order valence-corrected chi connectivity index (χ1v) is 9.18. The molecule has 0 saturated heterocycles. The van der Waals surface area contributed by atoms with Crippen LogP contribution in [0, 0.1) is 0 Å². The molecule has 3 nitrogen and oxygen atoms in total. The molecule has 0 fully saturated rings. The lowest BCUT2D eigenvalue weighted by Crippen LogP contribution is -2.29. The second-order valence-corrected chi connectivity index (χ2v) is 9.64. The van der Waals surface area contributed by atoms with E-state index in [1.54, 1.807) is 14.2 Å². The molecule has 0 unspecified atom stereocenters. The zero-order chi connectivity index (χ0) is 12.3. The van der Waals surface area contributed by atoms with Crippen LogP contribution in [-0.4, -0.2) is 22.5 Å².